The second-order valence-corrected chi connectivity index (χ2v) is 5.54. The number of piperidine rings is 1. The topological polar surface area (TPSA) is 40.5 Å². The molecule has 104 valence electrons. The van der Waals surface area contributed by atoms with Crippen LogP contribution in [0.2, 0.25) is 0 Å². The number of carboxylic acid groups (broad SMARTS) is 1. The minimum atomic E-state index is -0.687. The lowest BCUT2D eigenvalue weighted by atomic mass is 9.81. The summed E-state index contributed by atoms with van der Waals surface area (Å²) in [7, 11) is 0. The van der Waals surface area contributed by atoms with E-state index in [0.29, 0.717) is 18.3 Å². The van der Waals surface area contributed by atoms with Crippen LogP contribution in [0, 0.1) is 5.92 Å². The van der Waals surface area contributed by atoms with Gasteiger partial charge in [0.15, 0.2) is 0 Å². The van der Waals surface area contributed by atoms with Crippen molar-refractivity contribution in [2.45, 2.75) is 38.6 Å². The monoisotopic (exact) mass is 261 g/mol. The van der Waals surface area contributed by atoms with Gasteiger partial charge in [0.2, 0.25) is 0 Å². The van der Waals surface area contributed by atoms with Crippen LogP contribution in [0.1, 0.15) is 38.2 Å². The third kappa shape index (κ3) is 3.16. The van der Waals surface area contributed by atoms with E-state index < -0.39 is 5.97 Å². The van der Waals surface area contributed by atoms with E-state index in [2.05, 4.69) is 36.1 Å². The van der Waals surface area contributed by atoms with Gasteiger partial charge in [0, 0.05) is 6.54 Å². The average Bonchev–Trinajstić information content (AvgIpc) is 2.40. The maximum absolute atomic E-state index is 11.2. The van der Waals surface area contributed by atoms with Gasteiger partial charge in [0.05, 0.1) is 0 Å². The number of aliphatic carboxylic acids is 1. The summed E-state index contributed by atoms with van der Waals surface area (Å²) in [5.74, 6) is 0.376. The second kappa shape index (κ2) is 6.20. The standard InChI is InChI=1S/C16H23NO2/c1-3-15(16(18)19)17-10-9-14(12(2)11-17)13-7-5-4-6-8-13/h4-8,12,14-15H,3,9-11H2,1-2H3,(H,18,19)/t12-,14+,15+/m0/s1. The molecule has 3 heteroatoms. The van der Waals surface area contributed by atoms with Gasteiger partial charge in [-0.25, -0.2) is 0 Å². The summed E-state index contributed by atoms with van der Waals surface area (Å²) < 4.78 is 0. The largest absolute Gasteiger partial charge is 0.480 e. The maximum Gasteiger partial charge on any atom is 0.320 e. The van der Waals surface area contributed by atoms with Crippen molar-refractivity contribution in [1.82, 2.24) is 4.90 Å². The van der Waals surface area contributed by atoms with Crippen LogP contribution in [-0.4, -0.2) is 35.1 Å². The number of carboxylic acids is 1. The van der Waals surface area contributed by atoms with Gasteiger partial charge in [-0.15, -0.1) is 0 Å². The molecule has 1 aliphatic rings. The van der Waals surface area contributed by atoms with Crippen LogP contribution in [0.25, 0.3) is 0 Å². The molecule has 3 nitrogen and oxygen atoms in total. The highest BCUT2D eigenvalue weighted by Crippen LogP contribution is 2.33. The Morgan fingerprint density at radius 2 is 2.11 bits per heavy atom. The number of benzene rings is 1. The third-order valence-corrected chi connectivity index (χ3v) is 4.28. The van der Waals surface area contributed by atoms with E-state index in [9.17, 15) is 9.90 Å². The number of nitrogens with zero attached hydrogens (tertiary/aromatic N) is 1. The van der Waals surface area contributed by atoms with Gasteiger partial charge in [-0.3, -0.25) is 9.69 Å². The quantitative estimate of drug-likeness (QED) is 0.906. The average molecular weight is 261 g/mol. The van der Waals surface area contributed by atoms with E-state index in [0.717, 1.165) is 19.5 Å². The Balaban J connectivity index is 2.04. The predicted molar refractivity (Wildman–Crippen MR) is 76.3 cm³/mol. The summed E-state index contributed by atoms with van der Waals surface area (Å²) in [4.78, 5) is 13.4. The molecule has 3 atom stereocenters. The zero-order chi connectivity index (χ0) is 13.8. The lowest BCUT2D eigenvalue weighted by Gasteiger charge is -2.39. The van der Waals surface area contributed by atoms with Crippen molar-refractivity contribution in [3.8, 4) is 0 Å². The lowest BCUT2D eigenvalue weighted by Crippen LogP contribution is -2.47. The van der Waals surface area contributed by atoms with Crippen molar-refractivity contribution in [1.29, 1.82) is 0 Å². The Labute approximate surface area is 115 Å². The minimum absolute atomic E-state index is 0.320. The summed E-state index contributed by atoms with van der Waals surface area (Å²) in [6.45, 7) is 5.95. The molecule has 0 saturated carbocycles. The molecule has 0 aromatic heterocycles. The van der Waals surface area contributed by atoms with Gasteiger partial charge in [-0.1, -0.05) is 44.2 Å². The molecule has 1 aromatic rings. The molecule has 1 aromatic carbocycles. The fourth-order valence-electron chi connectivity index (χ4n) is 3.25. The zero-order valence-electron chi connectivity index (χ0n) is 11.7. The number of likely N-dealkylation sites (tertiary alicyclic amines) is 1. The van der Waals surface area contributed by atoms with Gasteiger partial charge in [0.25, 0.3) is 0 Å². The van der Waals surface area contributed by atoms with Crippen LogP contribution in [0.4, 0.5) is 0 Å². The molecular formula is C16H23NO2. The molecular weight excluding hydrogens is 238 g/mol. The molecule has 1 N–H and O–H groups in total. The molecule has 2 rings (SSSR count). The minimum Gasteiger partial charge on any atom is -0.480 e. The number of hydrogen-bond donors (Lipinski definition) is 1. The fourth-order valence-corrected chi connectivity index (χ4v) is 3.25. The third-order valence-electron chi connectivity index (χ3n) is 4.28. The van der Waals surface area contributed by atoms with Crippen LogP contribution in [0.5, 0.6) is 0 Å². The number of carbonyl (C=O) groups is 1. The SMILES string of the molecule is CC[C@H](C(=O)O)N1CC[C@@H](c2ccccc2)[C@@H](C)C1. The van der Waals surface area contributed by atoms with E-state index in [1.807, 2.05) is 13.0 Å². The first-order chi connectivity index (χ1) is 9.13. The molecule has 1 aliphatic heterocycles. The second-order valence-electron chi connectivity index (χ2n) is 5.54. The van der Waals surface area contributed by atoms with Crippen molar-refractivity contribution in [3.05, 3.63) is 35.9 Å². The maximum atomic E-state index is 11.2. The molecule has 0 spiro atoms. The molecule has 0 amide bonds. The van der Waals surface area contributed by atoms with E-state index in [-0.39, 0.29) is 6.04 Å². The predicted octanol–water partition coefficient (Wildman–Crippen LogP) is 2.98. The van der Waals surface area contributed by atoms with E-state index in [1.54, 1.807) is 0 Å². The molecule has 1 heterocycles. The molecule has 0 aliphatic carbocycles. The van der Waals surface area contributed by atoms with E-state index in [4.69, 9.17) is 0 Å². The van der Waals surface area contributed by atoms with Crippen molar-refractivity contribution >= 4 is 5.97 Å². The first kappa shape index (κ1) is 14.1. The molecule has 1 fully saturated rings. The fraction of sp³-hybridized carbons (Fsp3) is 0.562. The Morgan fingerprint density at radius 1 is 1.42 bits per heavy atom. The molecule has 0 unspecified atom stereocenters. The van der Waals surface area contributed by atoms with E-state index in [1.165, 1.54) is 5.56 Å². The molecule has 1 saturated heterocycles. The van der Waals surface area contributed by atoms with Crippen LogP contribution in [0.3, 0.4) is 0 Å². The zero-order valence-corrected chi connectivity index (χ0v) is 11.7. The molecule has 0 bridgehead atoms. The Hall–Kier alpha value is -1.35. The van der Waals surface area contributed by atoms with Crippen LogP contribution in [0.15, 0.2) is 30.3 Å². The van der Waals surface area contributed by atoms with Crippen molar-refractivity contribution in [2.24, 2.45) is 5.92 Å². The first-order valence-electron chi connectivity index (χ1n) is 7.15. The normalized spacial score (nSPS) is 26.0. The highest BCUT2D eigenvalue weighted by molar-refractivity contribution is 5.73. The van der Waals surface area contributed by atoms with Crippen molar-refractivity contribution < 1.29 is 9.90 Å². The van der Waals surface area contributed by atoms with Crippen LogP contribution < -0.4 is 0 Å². The van der Waals surface area contributed by atoms with Gasteiger partial charge >= 0.3 is 5.97 Å². The van der Waals surface area contributed by atoms with Crippen molar-refractivity contribution in [2.75, 3.05) is 13.1 Å². The summed E-state index contributed by atoms with van der Waals surface area (Å²) in [5.41, 5.74) is 1.39. The molecule has 0 radical (unpaired) electrons. The van der Waals surface area contributed by atoms with Gasteiger partial charge in [-0.2, -0.15) is 0 Å². The van der Waals surface area contributed by atoms with Gasteiger partial charge < -0.3 is 5.11 Å². The van der Waals surface area contributed by atoms with Crippen LogP contribution >= 0.6 is 0 Å². The highest BCUT2D eigenvalue weighted by atomic mass is 16.4. The number of rotatable bonds is 4. The number of hydrogen-bond acceptors (Lipinski definition) is 2. The highest BCUT2D eigenvalue weighted by Gasteiger charge is 2.32. The Kier molecular flexibility index (Phi) is 4.59. The Morgan fingerprint density at radius 3 is 2.63 bits per heavy atom. The summed E-state index contributed by atoms with van der Waals surface area (Å²) in [6, 6.07) is 10.3. The van der Waals surface area contributed by atoms with Gasteiger partial charge in [0.1, 0.15) is 6.04 Å². The summed E-state index contributed by atoms with van der Waals surface area (Å²) >= 11 is 0. The van der Waals surface area contributed by atoms with Gasteiger partial charge in [-0.05, 0) is 36.8 Å². The smallest absolute Gasteiger partial charge is 0.320 e. The van der Waals surface area contributed by atoms with E-state index >= 15 is 0 Å². The first-order valence-corrected chi connectivity index (χ1v) is 7.15. The molecule has 19 heavy (non-hydrogen) atoms. The summed E-state index contributed by atoms with van der Waals surface area (Å²) in [6.07, 6.45) is 1.73. The van der Waals surface area contributed by atoms with Crippen LogP contribution in [-0.2, 0) is 4.79 Å². The lowest BCUT2D eigenvalue weighted by molar-refractivity contribution is -0.144. The van der Waals surface area contributed by atoms with Crippen molar-refractivity contribution in [3.63, 3.8) is 0 Å². The Bertz CT molecular complexity index is 418. The summed E-state index contributed by atoms with van der Waals surface area (Å²) in [5, 5.41) is 9.25.